The number of rotatable bonds is 9. The summed E-state index contributed by atoms with van der Waals surface area (Å²) in [5.41, 5.74) is 15.0. The predicted molar refractivity (Wildman–Crippen MR) is 140 cm³/mol. The Hall–Kier alpha value is -2.58. The lowest BCUT2D eigenvalue weighted by Gasteiger charge is -2.25. The Bertz CT molecular complexity index is 930. The Kier molecular flexibility index (Phi) is 9.63. The third kappa shape index (κ3) is 7.03. The third-order valence-electron chi connectivity index (χ3n) is 4.18. The molecule has 0 saturated heterocycles. The minimum absolute atomic E-state index is 0.287. The first-order valence-electron chi connectivity index (χ1n) is 8.96. The van der Waals surface area contributed by atoms with Gasteiger partial charge in [0.25, 0.3) is 0 Å². The lowest BCUT2D eigenvalue weighted by molar-refractivity contribution is 0.742. The number of benzene rings is 2. The van der Waals surface area contributed by atoms with Crippen LogP contribution in [-0.2, 0) is 0 Å². The SMILES string of the molecule is NC(=S)N(CCCCN(C(N)=S)c1cccc(N=C=S)c1)c1cccc(N=C=S)c1. The molecule has 10 heteroatoms. The van der Waals surface area contributed by atoms with E-state index in [-0.39, 0.29) is 10.2 Å². The van der Waals surface area contributed by atoms with Crippen molar-refractivity contribution in [3.63, 3.8) is 0 Å². The van der Waals surface area contributed by atoms with Crippen molar-refractivity contribution in [2.45, 2.75) is 12.8 Å². The fourth-order valence-electron chi connectivity index (χ4n) is 2.84. The van der Waals surface area contributed by atoms with E-state index >= 15 is 0 Å². The normalized spacial score (nSPS) is 9.73. The van der Waals surface area contributed by atoms with Gasteiger partial charge in [-0.25, -0.2) is 0 Å². The van der Waals surface area contributed by atoms with Gasteiger partial charge in [-0.3, -0.25) is 0 Å². The molecule has 0 aromatic heterocycles. The highest BCUT2D eigenvalue weighted by atomic mass is 32.1. The van der Waals surface area contributed by atoms with Crippen LogP contribution in [0.3, 0.4) is 0 Å². The second-order valence-corrected chi connectivity index (χ2v) is 7.33. The molecule has 30 heavy (non-hydrogen) atoms. The summed E-state index contributed by atoms with van der Waals surface area (Å²) >= 11 is 19.8. The molecule has 2 rings (SSSR count). The van der Waals surface area contributed by atoms with E-state index in [2.05, 4.69) is 44.7 Å². The molecule has 0 aliphatic carbocycles. The van der Waals surface area contributed by atoms with Crippen molar-refractivity contribution < 1.29 is 0 Å². The molecule has 6 nitrogen and oxygen atoms in total. The van der Waals surface area contributed by atoms with Crippen LogP contribution in [0, 0.1) is 0 Å². The zero-order valence-corrected chi connectivity index (χ0v) is 19.3. The molecule has 0 fully saturated rings. The first kappa shape index (κ1) is 23.7. The summed E-state index contributed by atoms with van der Waals surface area (Å²) in [4.78, 5) is 11.7. The number of thiocarbonyl (C=S) groups is 4. The van der Waals surface area contributed by atoms with Crippen LogP contribution < -0.4 is 21.3 Å². The summed E-state index contributed by atoms with van der Waals surface area (Å²) in [5, 5.41) is 5.30. The van der Waals surface area contributed by atoms with Gasteiger partial charge < -0.3 is 21.3 Å². The summed E-state index contributed by atoms with van der Waals surface area (Å²) in [5.74, 6) is 0. The number of hydrogen-bond donors (Lipinski definition) is 2. The van der Waals surface area contributed by atoms with Crippen molar-refractivity contribution in [1.82, 2.24) is 0 Å². The Morgan fingerprint density at radius 3 is 1.50 bits per heavy atom. The Balaban J connectivity index is 2.04. The highest BCUT2D eigenvalue weighted by Crippen LogP contribution is 2.23. The zero-order valence-electron chi connectivity index (χ0n) is 16.0. The molecule has 0 heterocycles. The molecule has 0 bridgehead atoms. The summed E-state index contributed by atoms with van der Waals surface area (Å²) < 4.78 is 0. The fraction of sp³-hybridized carbons (Fsp3) is 0.200. The van der Waals surface area contributed by atoms with Crippen LogP contribution in [0.2, 0.25) is 0 Å². The predicted octanol–water partition coefficient (Wildman–Crippen LogP) is 4.74. The Morgan fingerprint density at radius 1 is 0.767 bits per heavy atom. The maximum atomic E-state index is 5.93. The van der Waals surface area contributed by atoms with Crippen LogP contribution in [0.25, 0.3) is 0 Å². The van der Waals surface area contributed by atoms with Gasteiger partial charge in [-0.15, -0.1) is 0 Å². The van der Waals surface area contributed by atoms with Crippen molar-refractivity contribution in [1.29, 1.82) is 0 Å². The number of hydrogen-bond acceptors (Lipinski definition) is 6. The quantitative estimate of drug-likeness (QED) is 0.308. The second kappa shape index (κ2) is 12.2. The number of nitrogens with zero attached hydrogens (tertiary/aromatic N) is 4. The maximum absolute atomic E-state index is 5.93. The van der Waals surface area contributed by atoms with Gasteiger partial charge in [-0.1, -0.05) is 12.1 Å². The van der Waals surface area contributed by atoms with Crippen LogP contribution >= 0.6 is 48.9 Å². The fourth-order valence-corrected chi connectivity index (χ4v) is 3.44. The summed E-state index contributed by atoms with van der Waals surface area (Å²) in [7, 11) is 0. The molecule has 0 aliphatic heterocycles. The van der Waals surface area contributed by atoms with E-state index in [0.29, 0.717) is 24.5 Å². The molecule has 0 unspecified atom stereocenters. The number of nitrogens with two attached hydrogens (primary N) is 2. The third-order valence-corrected chi connectivity index (χ3v) is 4.80. The molecule has 0 spiro atoms. The second-order valence-electron chi connectivity index (χ2n) is 6.13. The summed E-state index contributed by atoms with van der Waals surface area (Å²) in [6.07, 6.45) is 1.63. The number of unbranched alkanes of at least 4 members (excludes halogenated alkanes) is 1. The van der Waals surface area contributed by atoms with Gasteiger partial charge in [0, 0.05) is 24.5 Å². The average molecular weight is 473 g/mol. The Labute approximate surface area is 197 Å². The van der Waals surface area contributed by atoms with Gasteiger partial charge in [0.05, 0.1) is 21.7 Å². The van der Waals surface area contributed by atoms with Crippen molar-refractivity contribution >= 4 is 92.2 Å². The van der Waals surface area contributed by atoms with Gasteiger partial charge in [-0.05, 0) is 98.1 Å². The number of isothiocyanates is 2. The molecular weight excluding hydrogens is 453 g/mol. The molecule has 0 atom stereocenters. The molecule has 2 aromatic carbocycles. The Morgan fingerprint density at radius 2 is 1.17 bits per heavy atom. The van der Waals surface area contributed by atoms with E-state index in [4.69, 9.17) is 35.9 Å². The lowest BCUT2D eigenvalue weighted by Crippen LogP contribution is -2.38. The van der Waals surface area contributed by atoms with Crippen molar-refractivity contribution in [3.05, 3.63) is 48.5 Å². The highest BCUT2D eigenvalue weighted by Gasteiger charge is 2.13. The minimum atomic E-state index is 0.287. The molecule has 2 aromatic rings. The standard InChI is InChI=1S/C20H20N6S4/c21-19(29)25(17-7-3-5-15(11-17)23-13-27)9-1-2-10-26(20(22)30)18-8-4-6-16(12-18)24-14-28/h3-8,11-12H,1-2,9-10H2,(H2,21,29)(H2,22,30). The van der Waals surface area contributed by atoms with E-state index in [1.54, 1.807) is 0 Å². The van der Waals surface area contributed by atoms with E-state index in [1.807, 2.05) is 58.3 Å². The van der Waals surface area contributed by atoms with Crippen LogP contribution in [0.4, 0.5) is 22.7 Å². The van der Waals surface area contributed by atoms with E-state index in [0.717, 1.165) is 24.2 Å². The number of anilines is 2. The number of aliphatic imine (C=N–C) groups is 2. The van der Waals surface area contributed by atoms with E-state index < -0.39 is 0 Å². The average Bonchev–Trinajstić information content (AvgIpc) is 2.71. The van der Waals surface area contributed by atoms with Gasteiger partial charge >= 0.3 is 0 Å². The largest absolute Gasteiger partial charge is 0.376 e. The molecule has 0 saturated carbocycles. The van der Waals surface area contributed by atoms with Crippen molar-refractivity contribution in [3.8, 4) is 0 Å². The monoisotopic (exact) mass is 472 g/mol. The molecule has 154 valence electrons. The maximum Gasteiger partial charge on any atom is 0.170 e. The van der Waals surface area contributed by atoms with Crippen molar-refractivity contribution in [2.24, 2.45) is 21.5 Å². The smallest absolute Gasteiger partial charge is 0.170 e. The van der Waals surface area contributed by atoms with E-state index in [1.165, 1.54) is 0 Å². The first-order valence-corrected chi connectivity index (χ1v) is 10.6. The van der Waals surface area contributed by atoms with Gasteiger partial charge in [-0.2, -0.15) is 9.98 Å². The lowest BCUT2D eigenvalue weighted by atomic mass is 10.2. The van der Waals surface area contributed by atoms with Crippen LogP contribution in [-0.4, -0.2) is 33.6 Å². The van der Waals surface area contributed by atoms with Gasteiger partial charge in [0.2, 0.25) is 0 Å². The molecule has 0 radical (unpaired) electrons. The summed E-state index contributed by atoms with van der Waals surface area (Å²) in [6, 6.07) is 15.0. The van der Waals surface area contributed by atoms with Gasteiger partial charge in [0.15, 0.2) is 10.2 Å². The first-order chi connectivity index (χ1) is 14.5. The zero-order chi connectivity index (χ0) is 21.9. The van der Waals surface area contributed by atoms with Gasteiger partial charge in [0.1, 0.15) is 0 Å². The van der Waals surface area contributed by atoms with E-state index in [9.17, 15) is 0 Å². The molecule has 0 amide bonds. The summed E-state index contributed by atoms with van der Waals surface area (Å²) in [6.45, 7) is 1.28. The minimum Gasteiger partial charge on any atom is -0.376 e. The van der Waals surface area contributed by atoms with Crippen LogP contribution in [0.5, 0.6) is 0 Å². The molecular formula is C20H20N6S4. The van der Waals surface area contributed by atoms with Crippen molar-refractivity contribution in [2.75, 3.05) is 22.9 Å². The topological polar surface area (TPSA) is 83.2 Å². The molecule has 4 N–H and O–H groups in total. The highest BCUT2D eigenvalue weighted by molar-refractivity contribution is 7.80. The molecule has 0 aliphatic rings. The van der Waals surface area contributed by atoms with Crippen LogP contribution in [0.1, 0.15) is 12.8 Å². The van der Waals surface area contributed by atoms with Crippen LogP contribution in [0.15, 0.2) is 58.5 Å².